The number of nitrogens with two attached hydrogens (primary N) is 1. The van der Waals surface area contributed by atoms with Gasteiger partial charge in [-0.2, -0.15) is 0 Å². The van der Waals surface area contributed by atoms with Crippen LogP contribution >= 0.6 is 0 Å². The number of hydrogen-bond acceptors (Lipinski definition) is 4. The van der Waals surface area contributed by atoms with E-state index in [1.165, 1.54) is 7.11 Å². The first-order chi connectivity index (χ1) is 9.21. The van der Waals surface area contributed by atoms with Crippen molar-refractivity contribution in [3.63, 3.8) is 0 Å². The second-order valence-corrected chi connectivity index (χ2v) is 4.95. The topological polar surface area (TPSA) is 56.5 Å². The van der Waals surface area contributed by atoms with E-state index in [4.69, 9.17) is 15.3 Å². The third-order valence-corrected chi connectivity index (χ3v) is 3.67. The van der Waals surface area contributed by atoms with Gasteiger partial charge in [0.05, 0.1) is 19.3 Å². The molecule has 0 amide bonds. The molecule has 1 fully saturated rings. The van der Waals surface area contributed by atoms with Crippen LogP contribution in [0.2, 0.25) is 0 Å². The minimum atomic E-state index is -0.323. The molecule has 0 aliphatic heterocycles. The first-order valence-electron chi connectivity index (χ1n) is 6.51. The standard InChI is InChI=1S/C14H21FN2O2/c1-18-12-5-3-4-10(13(12)15)8-11(17-16)14(19-2)9-6-7-9/h3-5,9,11,14,17H,6-8,16H2,1-2H3. The van der Waals surface area contributed by atoms with Crippen molar-refractivity contribution in [2.24, 2.45) is 11.8 Å². The number of halogens is 1. The number of nitrogens with one attached hydrogen (secondary N) is 1. The Hall–Kier alpha value is -1.17. The molecular weight excluding hydrogens is 247 g/mol. The average molecular weight is 268 g/mol. The van der Waals surface area contributed by atoms with Gasteiger partial charge in [-0.3, -0.25) is 11.3 Å². The summed E-state index contributed by atoms with van der Waals surface area (Å²) < 4.78 is 24.6. The fraction of sp³-hybridized carbons (Fsp3) is 0.571. The first-order valence-corrected chi connectivity index (χ1v) is 6.51. The number of hydrazine groups is 1. The van der Waals surface area contributed by atoms with Crippen molar-refractivity contribution in [2.45, 2.75) is 31.4 Å². The molecule has 0 heterocycles. The fourth-order valence-electron chi connectivity index (χ4n) is 2.49. The average Bonchev–Trinajstić information content (AvgIpc) is 3.25. The monoisotopic (exact) mass is 268 g/mol. The molecule has 2 rings (SSSR count). The van der Waals surface area contributed by atoms with Gasteiger partial charge in [-0.25, -0.2) is 4.39 Å². The van der Waals surface area contributed by atoms with Crippen LogP contribution in [0.1, 0.15) is 18.4 Å². The summed E-state index contributed by atoms with van der Waals surface area (Å²) in [5.74, 6) is 6.06. The number of hydrogen-bond donors (Lipinski definition) is 2. The van der Waals surface area contributed by atoms with Crippen LogP contribution < -0.4 is 16.0 Å². The fourth-order valence-corrected chi connectivity index (χ4v) is 2.49. The first kappa shape index (κ1) is 14.2. The van der Waals surface area contributed by atoms with Gasteiger partial charge in [0, 0.05) is 7.11 Å². The van der Waals surface area contributed by atoms with Gasteiger partial charge in [-0.05, 0) is 36.8 Å². The highest BCUT2D eigenvalue weighted by atomic mass is 19.1. The SMILES string of the molecule is COc1cccc(CC(NN)C(OC)C2CC2)c1F. The van der Waals surface area contributed by atoms with Gasteiger partial charge < -0.3 is 9.47 Å². The maximum atomic E-state index is 14.1. The lowest BCUT2D eigenvalue weighted by Gasteiger charge is -2.25. The van der Waals surface area contributed by atoms with Gasteiger partial charge in [0.1, 0.15) is 0 Å². The molecular formula is C14H21FN2O2. The third-order valence-electron chi connectivity index (χ3n) is 3.67. The molecule has 1 saturated carbocycles. The molecule has 1 aromatic carbocycles. The zero-order chi connectivity index (χ0) is 13.8. The van der Waals surface area contributed by atoms with E-state index in [0.29, 0.717) is 17.9 Å². The Bertz CT molecular complexity index is 424. The van der Waals surface area contributed by atoms with Crippen LogP contribution in [0.5, 0.6) is 5.75 Å². The van der Waals surface area contributed by atoms with Crippen LogP contribution in [-0.4, -0.2) is 26.4 Å². The Morgan fingerprint density at radius 3 is 2.68 bits per heavy atom. The van der Waals surface area contributed by atoms with Gasteiger partial charge in [0.15, 0.2) is 11.6 Å². The minimum Gasteiger partial charge on any atom is -0.494 e. The highest BCUT2D eigenvalue weighted by Crippen LogP contribution is 2.36. The maximum Gasteiger partial charge on any atom is 0.168 e. The summed E-state index contributed by atoms with van der Waals surface area (Å²) in [4.78, 5) is 0. The van der Waals surface area contributed by atoms with Crippen LogP contribution in [0.3, 0.4) is 0 Å². The Kier molecular flexibility index (Phi) is 4.74. The van der Waals surface area contributed by atoms with E-state index in [-0.39, 0.29) is 23.7 Å². The molecule has 0 saturated heterocycles. The van der Waals surface area contributed by atoms with Crippen molar-refractivity contribution < 1.29 is 13.9 Å². The molecule has 0 radical (unpaired) electrons. The van der Waals surface area contributed by atoms with Crippen LogP contribution in [0.4, 0.5) is 4.39 Å². The molecule has 19 heavy (non-hydrogen) atoms. The highest BCUT2D eigenvalue weighted by molar-refractivity contribution is 5.31. The van der Waals surface area contributed by atoms with Gasteiger partial charge in [-0.15, -0.1) is 0 Å². The Labute approximate surface area is 113 Å². The molecule has 5 heteroatoms. The largest absolute Gasteiger partial charge is 0.494 e. The van der Waals surface area contributed by atoms with E-state index in [2.05, 4.69) is 5.43 Å². The van der Waals surface area contributed by atoms with E-state index in [1.807, 2.05) is 0 Å². The summed E-state index contributed by atoms with van der Waals surface area (Å²) in [5.41, 5.74) is 3.34. The highest BCUT2D eigenvalue weighted by Gasteiger charge is 2.36. The molecule has 0 bridgehead atoms. The second kappa shape index (κ2) is 6.32. The van der Waals surface area contributed by atoms with Crippen molar-refractivity contribution in [1.29, 1.82) is 0 Å². The normalized spacial score (nSPS) is 18.1. The third kappa shape index (κ3) is 3.23. The van der Waals surface area contributed by atoms with Crippen LogP contribution in [0.15, 0.2) is 18.2 Å². The lowest BCUT2D eigenvalue weighted by atomic mass is 9.98. The van der Waals surface area contributed by atoms with Crippen LogP contribution in [0.25, 0.3) is 0 Å². The summed E-state index contributed by atoms with van der Waals surface area (Å²) in [5, 5.41) is 0. The molecule has 2 atom stereocenters. The van der Waals surface area contributed by atoms with Crippen molar-refractivity contribution >= 4 is 0 Å². The second-order valence-electron chi connectivity index (χ2n) is 4.95. The van der Waals surface area contributed by atoms with E-state index < -0.39 is 0 Å². The maximum absolute atomic E-state index is 14.1. The molecule has 1 aliphatic carbocycles. The molecule has 2 unspecified atom stereocenters. The number of rotatable bonds is 7. The summed E-state index contributed by atoms with van der Waals surface area (Å²) >= 11 is 0. The number of benzene rings is 1. The van der Waals surface area contributed by atoms with E-state index in [1.54, 1.807) is 25.3 Å². The molecule has 0 aromatic heterocycles. The quantitative estimate of drug-likeness (QED) is 0.583. The van der Waals surface area contributed by atoms with Gasteiger partial charge in [0.25, 0.3) is 0 Å². The summed E-state index contributed by atoms with van der Waals surface area (Å²) in [6.45, 7) is 0. The van der Waals surface area contributed by atoms with Crippen LogP contribution in [0, 0.1) is 11.7 Å². The lowest BCUT2D eigenvalue weighted by molar-refractivity contribution is 0.0508. The predicted molar refractivity (Wildman–Crippen MR) is 71.3 cm³/mol. The van der Waals surface area contributed by atoms with E-state index >= 15 is 0 Å². The number of methoxy groups -OCH3 is 2. The van der Waals surface area contributed by atoms with E-state index in [0.717, 1.165) is 12.8 Å². The molecule has 1 aromatic rings. The van der Waals surface area contributed by atoms with E-state index in [9.17, 15) is 4.39 Å². The molecule has 3 N–H and O–H groups in total. The predicted octanol–water partition coefficient (Wildman–Crippen LogP) is 1.63. The molecule has 0 spiro atoms. The summed E-state index contributed by atoms with van der Waals surface area (Å²) in [6, 6.07) is 5.04. The Morgan fingerprint density at radius 2 is 2.16 bits per heavy atom. The Balaban J connectivity index is 2.13. The Morgan fingerprint density at radius 1 is 1.42 bits per heavy atom. The van der Waals surface area contributed by atoms with Gasteiger partial charge in [-0.1, -0.05) is 12.1 Å². The van der Waals surface area contributed by atoms with Crippen LogP contribution in [-0.2, 0) is 11.2 Å². The van der Waals surface area contributed by atoms with Crippen molar-refractivity contribution in [3.05, 3.63) is 29.6 Å². The minimum absolute atomic E-state index is 0.0237. The van der Waals surface area contributed by atoms with Crippen molar-refractivity contribution in [1.82, 2.24) is 5.43 Å². The van der Waals surface area contributed by atoms with Gasteiger partial charge in [0.2, 0.25) is 0 Å². The molecule has 1 aliphatic rings. The summed E-state index contributed by atoms with van der Waals surface area (Å²) in [7, 11) is 3.14. The van der Waals surface area contributed by atoms with Gasteiger partial charge >= 0.3 is 0 Å². The molecule has 4 nitrogen and oxygen atoms in total. The smallest absolute Gasteiger partial charge is 0.168 e. The lowest BCUT2D eigenvalue weighted by Crippen LogP contribution is -2.47. The van der Waals surface area contributed by atoms with Crippen molar-refractivity contribution in [2.75, 3.05) is 14.2 Å². The molecule has 106 valence electrons. The zero-order valence-electron chi connectivity index (χ0n) is 11.4. The zero-order valence-corrected chi connectivity index (χ0v) is 11.4. The van der Waals surface area contributed by atoms with Crippen molar-refractivity contribution in [3.8, 4) is 5.75 Å². The summed E-state index contributed by atoms with van der Waals surface area (Å²) in [6.07, 6.45) is 2.80. The number of ether oxygens (including phenoxy) is 2.